The van der Waals surface area contributed by atoms with Gasteiger partial charge in [0, 0.05) is 19.3 Å². The van der Waals surface area contributed by atoms with Crippen LogP contribution in [-0.2, 0) is 9.59 Å². The quantitative estimate of drug-likeness (QED) is 0.706. The van der Waals surface area contributed by atoms with Crippen LogP contribution >= 0.6 is 0 Å². The van der Waals surface area contributed by atoms with Crippen molar-refractivity contribution in [2.75, 3.05) is 0 Å². The molecule has 0 aliphatic carbocycles. The Balaban J connectivity index is 0. The van der Waals surface area contributed by atoms with Gasteiger partial charge in [-0.25, -0.2) is 0 Å². The Hall–Kier alpha value is -1.44. The predicted octanol–water partition coefficient (Wildman–Crippen LogP) is 5.63. The standard InChI is InChI=1S/C9H18O.C7H8.C4H8O/c1-7(2)5-9(10)6-8(3)4;1-7-5-3-2-4-6-7;1-3-4(2)5/h7-8H,5-6H2,1-4H3;2-6H,1H3;3H2,1-2H3. The molecule has 2 nitrogen and oxygen atoms in total. The van der Waals surface area contributed by atoms with Crippen LogP contribution in [-0.4, -0.2) is 11.6 Å². The van der Waals surface area contributed by atoms with Crippen LogP contribution in [0.5, 0.6) is 0 Å². The summed E-state index contributed by atoms with van der Waals surface area (Å²) >= 11 is 0. The molecule has 1 aromatic rings. The minimum atomic E-state index is 0.255. The van der Waals surface area contributed by atoms with Gasteiger partial charge < -0.3 is 4.79 Å². The van der Waals surface area contributed by atoms with E-state index in [0.29, 0.717) is 24.0 Å². The van der Waals surface area contributed by atoms with Crippen molar-refractivity contribution in [1.82, 2.24) is 0 Å². The Morgan fingerprint density at radius 2 is 1.27 bits per heavy atom. The maximum absolute atomic E-state index is 11.1. The molecule has 0 spiro atoms. The SMILES string of the molecule is CC(C)CC(=O)CC(C)C.CCC(C)=O.Cc1ccccc1. The van der Waals surface area contributed by atoms with Crippen LogP contribution in [0.3, 0.4) is 0 Å². The maximum atomic E-state index is 11.1. The van der Waals surface area contributed by atoms with Gasteiger partial charge in [-0.05, 0) is 25.7 Å². The van der Waals surface area contributed by atoms with Crippen molar-refractivity contribution in [3.05, 3.63) is 35.9 Å². The van der Waals surface area contributed by atoms with E-state index in [0.717, 1.165) is 12.8 Å². The van der Waals surface area contributed by atoms with Crippen LogP contribution < -0.4 is 0 Å². The van der Waals surface area contributed by atoms with Gasteiger partial charge in [0.05, 0.1) is 0 Å². The molecule has 0 unspecified atom stereocenters. The van der Waals surface area contributed by atoms with Gasteiger partial charge in [-0.2, -0.15) is 0 Å². The van der Waals surface area contributed by atoms with Crippen molar-refractivity contribution in [1.29, 1.82) is 0 Å². The van der Waals surface area contributed by atoms with E-state index in [-0.39, 0.29) is 5.78 Å². The third-order valence-corrected chi connectivity index (χ3v) is 2.71. The molecule has 0 saturated carbocycles. The van der Waals surface area contributed by atoms with Crippen molar-refractivity contribution in [3.63, 3.8) is 0 Å². The number of benzene rings is 1. The Morgan fingerprint density at radius 1 is 0.909 bits per heavy atom. The van der Waals surface area contributed by atoms with E-state index >= 15 is 0 Å². The first-order chi connectivity index (χ1) is 10.2. The van der Waals surface area contributed by atoms with Crippen LogP contribution in [0.1, 0.15) is 66.4 Å². The van der Waals surface area contributed by atoms with Crippen molar-refractivity contribution < 1.29 is 9.59 Å². The summed E-state index contributed by atoms with van der Waals surface area (Å²) in [6.07, 6.45) is 2.16. The van der Waals surface area contributed by atoms with Gasteiger partial charge in [-0.3, -0.25) is 4.79 Å². The lowest BCUT2D eigenvalue weighted by Gasteiger charge is -2.05. The third kappa shape index (κ3) is 20.9. The van der Waals surface area contributed by atoms with E-state index in [2.05, 4.69) is 46.8 Å². The highest BCUT2D eigenvalue weighted by atomic mass is 16.1. The van der Waals surface area contributed by atoms with Crippen molar-refractivity contribution >= 4 is 11.6 Å². The number of aryl methyl sites for hydroxylation is 1. The first-order valence-corrected chi connectivity index (χ1v) is 8.21. The van der Waals surface area contributed by atoms with Gasteiger partial charge in [0.15, 0.2) is 0 Å². The van der Waals surface area contributed by atoms with Crippen LogP contribution in [0.4, 0.5) is 0 Å². The molecule has 0 saturated heterocycles. The van der Waals surface area contributed by atoms with Gasteiger partial charge >= 0.3 is 0 Å². The molecular weight excluding hydrogens is 272 g/mol. The molecule has 0 aliphatic rings. The summed E-state index contributed by atoms with van der Waals surface area (Å²) in [5.74, 6) is 1.70. The summed E-state index contributed by atoms with van der Waals surface area (Å²) in [7, 11) is 0. The number of hydrogen-bond acceptors (Lipinski definition) is 2. The van der Waals surface area contributed by atoms with Crippen LogP contribution in [0.25, 0.3) is 0 Å². The molecule has 0 heterocycles. The Kier molecular flexibility index (Phi) is 15.0. The second kappa shape index (κ2) is 14.5. The summed E-state index contributed by atoms with van der Waals surface area (Å²) in [6.45, 7) is 13.8. The van der Waals surface area contributed by atoms with Crippen LogP contribution in [0, 0.1) is 18.8 Å². The molecule has 0 bridgehead atoms. The zero-order chi connectivity index (χ0) is 17.5. The lowest BCUT2D eigenvalue weighted by molar-refractivity contribution is -0.120. The third-order valence-electron chi connectivity index (χ3n) is 2.71. The van der Waals surface area contributed by atoms with Gasteiger partial charge in [0.25, 0.3) is 0 Å². The largest absolute Gasteiger partial charge is 0.300 e. The fourth-order valence-electron chi connectivity index (χ4n) is 1.53. The van der Waals surface area contributed by atoms with Gasteiger partial charge in [0.1, 0.15) is 11.6 Å². The highest BCUT2D eigenvalue weighted by Gasteiger charge is 2.06. The minimum absolute atomic E-state index is 0.255. The van der Waals surface area contributed by atoms with E-state index in [1.165, 1.54) is 5.56 Å². The van der Waals surface area contributed by atoms with Gasteiger partial charge in [-0.1, -0.05) is 70.5 Å². The summed E-state index contributed by atoms with van der Waals surface area (Å²) in [5.41, 5.74) is 1.32. The molecule has 2 heteroatoms. The number of rotatable bonds is 5. The smallest absolute Gasteiger partial charge is 0.133 e. The fraction of sp³-hybridized carbons (Fsp3) is 0.600. The molecular formula is C20H34O2. The summed E-state index contributed by atoms with van der Waals surface area (Å²) in [6, 6.07) is 10.3. The second-order valence-corrected chi connectivity index (χ2v) is 6.44. The van der Waals surface area contributed by atoms with Crippen molar-refractivity contribution in [3.8, 4) is 0 Å². The Bertz CT molecular complexity index is 379. The summed E-state index contributed by atoms with van der Waals surface area (Å²) < 4.78 is 0. The average molecular weight is 306 g/mol. The van der Waals surface area contributed by atoms with E-state index in [1.807, 2.05) is 25.1 Å². The lowest BCUT2D eigenvalue weighted by atomic mass is 10.00. The molecule has 126 valence electrons. The van der Waals surface area contributed by atoms with E-state index in [9.17, 15) is 9.59 Å². The van der Waals surface area contributed by atoms with Crippen LogP contribution in [0.15, 0.2) is 30.3 Å². The van der Waals surface area contributed by atoms with E-state index in [4.69, 9.17) is 0 Å². The first kappa shape index (κ1) is 22.8. The Morgan fingerprint density at radius 3 is 1.45 bits per heavy atom. The molecule has 0 aromatic heterocycles. The Labute approximate surface area is 137 Å². The highest BCUT2D eigenvalue weighted by Crippen LogP contribution is 2.07. The topological polar surface area (TPSA) is 34.1 Å². The molecule has 0 N–H and O–H groups in total. The molecule has 0 fully saturated rings. The first-order valence-electron chi connectivity index (χ1n) is 8.21. The number of carbonyl (C=O) groups is 2. The molecule has 1 rings (SSSR count). The summed E-state index contributed by atoms with van der Waals surface area (Å²) in [4.78, 5) is 20.9. The second-order valence-electron chi connectivity index (χ2n) is 6.44. The zero-order valence-electron chi connectivity index (χ0n) is 15.5. The number of ketones is 2. The average Bonchev–Trinajstić information content (AvgIpc) is 2.39. The zero-order valence-corrected chi connectivity index (χ0v) is 15.5. The van der Waals surface area contributed by atoms with E-state index in [1.54, 1.807) is 6.92 Å². The number of hydrogen-bond donors (Lipinski definition) is 0. The monoisotopic (exact) mass is 306 g/mol. The molecule has 0 amide bonds. The predicted molar refractivity (Wildman–Crippen MR) is 96.1 cm³/mol. The highest BCUT2D eigenvalue weighted by molar-refractivity contribution is 5.78. The number of carbonyl (C=O) groups excluding carboxylic acids is 2. The normalized spacial score (nSPS) is 9.50. The molecule has 0 atom stereocenters. The minimum Gasteiger partial charge on any atom is -0.300 e. The fourth-order valence-corrected chi connectivity index (χ4v) is 1.53. The molecule has 22 heavy (non-hydrogen) atoms. The van der Waals surface area contributed by atoms with Gasteiger partial charge in [-0.15, -0.1) is 0 Å². The lowest BCUT2D eigenvalue weighted by Crippen LogP contribution is -2.05. The number of Topliss-reactive ketones (excluding diaryl/α,β-unsaturated/α-hetero) is 2. The van der Waals surface area contributed by atoms with Crippen molar-refractivity contribution in [2.24, 2.45) is 11.8 Å². The summed E-state index contributed by atoms with van der Waals surface area (Å²) in [5, 5.41) is 0. The molecule has 1 aromatic carbocycles. The van der Waals surface area contributed by atoms with Gasteiger partial charge in [0.2, 0.25) is 0 Å². The molecule has 0 aliphatic heterocycles. The maximum Gasteiger partial charge on any atom is 0.133 e. The van der Waals surface area contributed by atoms with Crippen LogP contribution in [0.2, 0.25) is 0 Å². The van der Waals surface area contributed by atoms with E-state index < -0.39 is 0 Å². The molecule has 0 radical (unpaired) electrons. The van der Waals surface area contributed by atoms with Crippen molar-refractivity contribution in [2.45, 2.75) is 67.7 Å².